The molecule has 5 nitrogen and oxygen atoms in total. The molecule has 0 spiro atoms. The quantitative estimate of drug-likeness (QED) is 0.936. The highest BCUT2D eigenvalue weighted by Gasteiger charge is 2.07. The van der Waals surface area contributed by atoms with Crippen LogP contribution < -0.4 is 10.9 Å². The second-order valence-corrected chi connectivity index (χ2v) is 4.91. The molecule has 100 valence electrons. The third-order valence-corrected chi connectivity index (χ3v) is 3.66. The van der Waals surface area contributed by atoms with E-state index in [1.165, 1.54) is 10.2 Å². The molecule has 0 atom stereocenters. The fraction of sp³-hybridized carbons (Fsp3) is 0.308. The molecule has 1 N–H and O–H groups in total. The zero-order chi connectivity index (χ0) is 13.8. The van der Waals surface area contributed by atoms with Crippen LogP contribution in [-0.2, 0) is 20.0 Å². The van der Waals surface area contributed by atoms with Gasteiger partial charge in [0.05, 0.1) is 24.1 Å². The zero-order valence-corrected chi connectivity index (χ0v) is 12.4. The topological polar surface area (TPSA) is 59.8 Å². The van der Waals surface area contributed by atoms with Crippen LogP contribution in [0.1, 0.15) is 18.2 Å². The number of pyridine rings is 1. The standard InChI is InChI=1S/C13H15BrN4O/c1-3-9-5-4-6-15-10(9)7-16-11-8-17-18(2)13(19)12(11)14/h4-6,8,16H,3,7H2,1-2H3. The molecule has 2 heterocycles. The summed E-state index contributed by atoms with van der Waals surface area (Å²) < 4.78 is 1.77. The number of nitrogens with one attached hydrogen (secondary N) is 1. The van der Waals surface area contributed by atoms with Gasteiger partial charge in [-0.15, -0.1) is 0 Å². The van der Waals surface area contributed by atoms with Crippen molar-refractivity contribution in [1.82, 2.24) is 14.8 Å². The van der Waals surface area contributed by atoms with Crippen LogP contribution in [0.4, 0.5) is 5.69 Å². The summed E-state index contributed by atoms with van der Waals surface area (Å²) in [6, 6.07) is 3.99. The minimum Gasteiger partial charge on any atom is -0.377 e. The monoisotopic (exact) mass is 322 g/mol. The van der Waals surface area contributed by atoms with Gasteiger partial charge in [-0.2, -0.15) is 5.10 Å². The smallest absolute Gasteiger partial charge is 0.282 e. The largest absolute Gasteiger partial charge is 0.377 e. The summed E-state index contributed by atoms with van der Waals surface area (Å²) >= 11 is 3.28. The summed E-state index contributed by atoms with van der Waals surface area (Å²) in [6.07, 6.45) is 4.33. The highest BCUT2D eigenvalue weighted by molar-refractivity contribution is 9.10. The minimum absolute atomic E-state index is 0.165. The van der Waals surface area contributed by atoms with Crippen molar-refractivity contribution in [2.75, 3.05) is 5.32 Å². The maximum atomic E-state index is 11.7. The molecule has 0 aliphatic carbocycles. The molecule has 0 aromatic carbocycles. The van der Waals surface area contributed by atoms with Gasteiger partial charge >= 0.3 is 0 Å². The van der Waals surface area contributed by atoms with Gasteiger partial charge in [0, 0.05) is 13.2 Å². The molecule has 19 heavy (non-hydrogen) atoms. The Labute approximate surface area is 119 Å². The second-order valence-electron chi connectivity index (χ2n) is 4.12. The van der Waals surface area contributed by atoms with E-state index in [9.17, 15) is 4.79 Å². The van der Waals surface area contributed by atoms with E-state index in [2.05, 4.69) is 44.3 Å². The van der Waals surface area contributed by atoms with Crippen molar-refractivity contribution >= 4 is 21.6 Å². The number of rotatable bonds is 4. The molecule has 6 heteroatoms. The summed E-state index contributed by atoms with van der Waals surface area (Å²) in [5.74, 6) is 0. The molecule has 2 rings (SSSR count). The van der Waals surface area contributed by atoms with E-state index in [0.717, 1.165) is 12.1 Å². The van der Waals surface area contributed by atoms with Gasteiger partial charge in [0.15, 0.2) is 0 Å². The van der Waals surface area contributed by atoms with Crippen LogP contribution in [0.5, 0.6) is 0 Å². The summed E-state index contributed by atoms with van der Waals surface area (Å²) in [5, 5.41) is 7.17. The van der Waals surface area contributed by atoms with Crippen molar-refractivity contribution in [1.29, 1.82) is 0 Å². The van der Waals surface area contributed by atoms with E-state index >= 15 is 0 Å². The lowest BCUT2D eigenvalue weighted by molar-refractivity contribution is 0.703. The number of hydrogen-bond acceptors (Lipinski definition) is 4. The van der Waals surface area contributed by atoms with Gasteiger partial charge in [-0.3, -0.25) is 9.78 Å². The summed E-state index contributed by atoms with van der Waals surface area (Å²) in [7, 11) is 1.62. The number of aromatic nitrogens is 3. The Balaban J connectivity index is 2.19. The van der Waals surface area contributed by atoms with Crippen molar-refractivity contribution < 1.29 is 0 Å². The third kappa shape index (κ3) is 3.01. The molecule has 2 aromatic heterocycles. The summed E-state index contributed by atoms with van der Waals surface area (Å²) in [4.78, 5) is 16.1. The summed E-state index contributed by atoms with van der Waals surface area (Å²) in [5.41, 5.74) is 2.69. The molecule has 2 aromatic rings. The van der Waals surface area contributed by atoms with Crippen molar-refractivity contribution in [2.24, 2.45) is 7.05 Å². The Morgan fingerprint density at radius 1 is 1.47 bits per heavy atom. The van der Waals surface area contributed by atoms with Gasteiger partial charge < -0.3 is 5.32 Å². The molecular weight excluding hydrogens is 308 g/mol. The molecule has 0 bridgehead atoms. The molecular formula is C13H15BrN4O. The van der Waals surface area contributed by atoms with Crippen LogP contribution in [0.3, 0.4) is 0 Å². The SMILES string of the molecule is CCc1cccnc1CNc1cnn(C)c(=O)c1Br. The van der Waals surface area contributed by atoms with E-state index in [0.29, 0.717) is 16.7 Å². The molecule has 0 amide bonds. The molecule has 0 aliphatic rings. The molecule has 0 saturated carbocycles. The van der Waals surface area contributed by atoms with Gasteiger partial charge in [-0.05, 0) is 34.0 Å². The highest BCUT2D eigenvalue weighted by Crippen LogP contribution is 2.17. The Bertz CT molecular complexity index is 639. The number of aryl methyl sites for hydroxylation is 2. The van der Waals surface area contributed by atoms with Crippen LogP contribution in [-0.4, -0.2) is 14.8 Å². The maximum Gasteiger partial charge on any atom is 0.282 e. The molecule has 0 saturated heterocycles. The molecule has 0 aliphatic heterocycles. The van der Waals surface area contributed by atoms with E-state index in [4.69, 9.17) is 0 Å². The number of nitrogens with zero attached hydrogens (tertiary/aromatic N) is 3. The van der Waals surface area contributed by atoms with Gasteiger partial charge in [-0.25, -0.2) is 4.68 Å². The number of anilines is 1. The first kappa shape index (κ1) is 13.7. The Morgan fingerprint density at radius 2 is 2.26 bits per heavy atom. The fourth-order valence-corrected chi connectivity index (χ4v) is 2.26. The molecule has 0 unspecified atom stereocenters. The maximum absolute atomic E-state index is 11.7. The van der Waals surface area contributed by atoms with Gasteiger partial charge in [-0.1, -0.05) is 13.0 Å². The first-order valence-corrected chi connectivity index (χ1v) is 6.81. The first-order valence-electron chi connectivity index (χ1n) is 6.02. The zero-order valence-electron chi connectivity index (χ0n) is 10.9. The lowest BCUT2D eigenvalue weighted by atomic mass is 10.1. The Morgan fingerprint density at radius 3 is 3.00 bits per heavy atom. The number of hydrogen-bond donors (Lipinski definition) is 1. The highest BCUT2D eigenvalue weighted by atomic mass is 79.9. The molecule has 0 fully saturated rings. The average molecular weight is 323 g/mol. The predicted molar refractivity (Wildman–Crippen MR) is 78.1 cm³/mol. The Hall–Kier alpha value is -1.69. The van der Waals surface area contributed by atoms with Crippen LogP contribution in [0, 0.1) is 0 Å². The van der Waals surface area contributed by atoms with Crippen LogP contribution in [0.2, 0.25) is 0 Å². The minimum atomic E-state index is -0.165. The third-order valence-electron chi connectivity index (χ3n) is 2.89. The number of halogens is 1. The first-order chi connectivity index (χ1) is 9.13. The average Bonchev–Trinajstić information content (AvgIpc) is 2.44. The van der Waals surface area contributed by atoms with Crippen molar-refractivity contribution in [3.05, 3.63) is 50.6 Å². The van der Waals surface area contributed by atoms with Crippen molar-refractivity contribution in [3.63, 3.8) is 0 Å². The summed E-state index contributed by atoms with van der Waals surface area (Å²) in [6.45, 7) is 2.66. The van der Waals surface area contributed by atoms with E-state index < -0.39 is 0 Å². The van der Waals surface area contributed by atoms with Gasteiger partial charge in [0.1, 0.15) is 4.47 Å². The van der Waals surface area contributed by atoms with Gasteiger partial charge in [0.2, 0.25) is 0 Å². The fourth-order valence-electron chi connectivity index (χ4n) is 1.77. The van der Waals surface area contributed by atoms with Crippen LogP contribution in [0.25, 0.3) is 0 Å². The predicted octanol–water partition coefficient (Wildman–Crippen LogP) is 2.11. The van der Waals surface area contributed by atoms with E-state index in [-0.39, 0.29) is 5.56 Å². The Kier molecular flexibility index (Phi) is 4.31. The lowest BCUT2D eigenvalue weighted by Gasteiger charge is -2.10. The van der Waals surface area contributed by atoms with E-state index in [1.54, 1.807) is 19.4 Å². The van der Waals surface area contributed by atoms with Crippen LogP contribution in [0.15, 0.2) is 33.8 Å². The van der Waals surface area contributed by atoms with Crippen molar-refractivity contribution in [3.8, 4) is 0 Å². The van der Waals surface area contributed by atoms with Crippen molar-refractivity contribution in [2.45, 2.75) is 19.9 Å². The van der Waals surface area contributed by atoms with E-state index in [1.807, 2.05) is 6.07 Å². The van der Waals surface area contributed by atoms with Crippen LogP contribution >= 0.6 is 15.9 Å². The lowest BCUT2D eigenvalue weighted by Crippen LogP contribution is -2.21. The van der Waals surface area contributed by atoms with Gasteiger partial charge in [0.25, 0.3) is 5.56 Å². The second kappa shape index (κ2) is 5.97. The normalized spacial score (nSPS) is 10.5. The molecule has 0 radical (unpaired) electrons.